The summed E-state index contributed by atoms with van der Waals surface area (Å²) < 4.78 is 0. The van der Waals surface area contributed by atoms with Crippen molar-refractivity contribution in [3.05, 3.63) is 0 Å². The fourth-order valence-corrected chi connectivity index (χ4v) is 3.20. The Labute approximate surface area is 120 Å². The van der Waals surface area contributed by atoms with Gasteiger partial charge in [0.05, 0.1) is 5.60 Å². The molecule has 0 aromatic carbocycles. The monoisotopic (exact) mass is 269 g/mol. The van der Waals surface area contributed by atoms with Crippen molar-refractivity contribution in [2.24, 2.45) is 0 Å². The molecule has 0 aromatic rings. The molecule has 0 unspecified atom stereocenters. The van der Waals surface area contributed by atoms with E-state index in [1.54, 1.807) is 0 Å². The molecule has 0 aromatic heterocycles. The van der Waals surface area contributed by atoms with E-state index >= 15 is 0 Å². The van der Waals surface area contributed by atoms with Gasteiger partial charge in [-0.1, -0.05) is 65.2 Å². The SMILES string of the molecule is CCCCCCCCCN(C)OC1(CC)CCCC1. The zero-order valence-corrected chi connectivity index (χ0v) is 13.5. The first-order valence-electron chi connectivity index (χ1n) is 8.63. The molecule has 0 spiro atoms. The van der Waals surface area contributed by atoms with Gasteiger partial charge in [-0.2, -0.15) is 5.06 Å². The third kappa shape index (κ3) is 6.76. The van der Waals surface area contributed by atoms with Crippen LogP contribution in [0.1, 0.15) is 90.9 Å². The van der Waals surface area contributed by atoms with Crippen LogP contribution in [0.3, 0.4) is 0 Å². The Morgan fingerprint density at radius 1 is 0.895 bits per heavy atom. The predicted molar refractivity (Wildman–Crippen MR) is 83.2 cm³/mol. The van der Waals surface area contributed by atoms with Crippen molar-refractivity contribution in [3.8, 4) is 0 Å². The van der Waals surface area contributed by atoms with E-state index in [0.717, 1.165) is 13.0 Å². The minimum Gasteiger partial charge on any atom is -0.293 e. The van der Waals surface area contributed by atoms with Crippen LogP contribution in [0.4, 0.5) is 0 Å². The van der Waals surface area contributed by atoms with Gasteiger partial charge in [0, 0.05) is 13.6 Å². The molecule has 0 heterocycles. The average molecular weight is 269 g/mol. The van der Waals surface area contributed by atoms with Gasteiger partial charge in [0.15, 0.2) is 0 Å². The Kier molecular flexibility index (Phi) is 8.72. The lowest BCUT2D eigenvalue weighted by atomic mass is 9.99. The third-order valence-electron chi connectivity index (χ3n) is 4.59. The molecule has 1 aliphatic rings. The lowest BCUT2D eigenvalue weighted by molar-refractivity contribution is -0.233. The topological polar surface area (TPSA) is 12.5 Å². The minimum atomic E-state index is 0.176. The molecule has 0 amide bonds. The van der Waals surface area contributed by atoms with E-state index in [9.17, 15) is 0 Å². The molecule has 2 nitrogen and oxygen atoms in total. The molecule has 1 aliphatic carbocycles. The number of hydroxylamine groups is 2. The average Bonchev–Trinajstić information content (AvgIpc) is 2.87. The molecule has 0 N–H and O–H groups in total. The van der Waals surface area contributed by atoms with Crippen LogP contribution in [0.2, 0.25) is 0 Å². The molecule has 114 valence electrons. The molecule has 0 atom stereocenters. The second-order valence-corrected chi connectivity index (χ2v) is 6.31. The van der Waals surface area contributed by atoms with E-state index in [4.69, 9.17) is 4.84 Å². The molecular formula is C17H35NO. The highest BCUT2D eigenvalue weighted by molar-refractivity contribution is 4.84. The number of unbranched alkanes of at least 4 members (excludes halogenated alkanes) is 6. The first kappa shape index (κ1) is 17.0. The summed E-state index contributed by atoms with van der Waals surface area (Å²) in [5.41, 5.74) is 0.176. The maximum Gasteiger partial charge on any atom is 0.0897 e. The number of nitrogens with zero attached hydrogens (tertiary/aromatic N) is 1. The summed E-state index contributed by atoms with van der Waals surface area (Å²) in [7, 11) is 2.12. The van der Waals surface area contributed by atoms with Crippen LogP contribution in [0, 0.1) is 0 Å². The van der Waals surface area contributed by atoms with Crippen LogP contribution >= 0.6 is 0 Å². The Morgan fingerprint density at radius 2 is 1.47 bits per heavy atom. The zero-order valence-electron chi connectivity index (χ0n) is 13.5. The second kappa shape index (κ2) is 9.77. The molecule has 2 heteroatoms. The van der Waals surface area contributed by atoms with Crippen molar-refractivity contribution >= 4 is 0 Å². The summed E-state index contributed by atoms with van der Waals surface area (Å²) >= 11 is 0. The lowest BCUT2D eigenvalue weighted by Crippen LogP contribution is -2.36. The lowest BCUT2D eigenvalue weighted by Gasteiger charge is -2.32. The van der Waals surface area contributed by atoms with Crippen molar-refractivity contribution in [1.29, 1.82) is 0 Å². The van der Waals surface area contributed by atoms with Gasteiger partial charge in [0.25, 0.3) is 0 Å². The van der Waals surface area contributed by atoms with E-state index in [1.165, 1.54) is 70.6 Å². The Hall–Kier alpha value is -0.0800. The van der Waals surface area contributed by atoms with Gasteiger partial charge in [-0.05, 0) is 25.7 Å². The van der Waals surface area contributed by atoms with Crippen molar-refractivity contribution < 1.29 is 4.84 Å². The molecule has 0 saturated heterocycles. The highest BCUT2D eigenvalue weighted by Gasteiger charge is 2.34. The molecule has 1 rings (SSSR count). The van der Waals surface area contributed by atoms with Crippen molar-refractivity contribution in [2.45, 2.75) is 96.5 Å². The molecule has 1 fully saturated rings. The molecule has 0 radical (unpaired) electrons. The fraction of sp³-hybridized carbons (Fsp3) is 1.00. The van der Waals surface area contributed by atoms with E-state index in [2.05, 4.69) is 26.0 Å². The van der Waals surface area contributed by atoms with Gasteiger partial charge < -0.3 is 0 Å². The van der Waals surface area contributed by atoms with Crippen molar-refractivity contribution in [2.75, 3.05) is 13.6 Å². The predicted octanol–water partition coefficient (Wildman–Crippen LogP) is 5.32. The Morgan fingerprint density at radius 3 is 2.05 bits per heavy atom. The van der Waals surface area contributed by atoms with Crippen LogP contribution in [0.15, 0.2) is 0 Å². The highest BCUT2D eigenvalue weighted by Crippen LogP contribution is 2.36. The normalized spacial score (nSPS) is 18.3. The molecule has 19 heavy (non-hydrogen) atoms. The summed E-state index contributed by atoms with van der Waals surface area (Å²) in [4.78, 5) is 6.23. The molecular weight excluding hydrogens is 234 g/mol. The van der Waals surface area contributed by atoms with Crippen LogP contribution < -0.4 is 0 Å². The van der Waals surface area contributed by atoms with Crippen molar-refractivity contribution in [1.82, 2.24) is 5.06 Å². The van der Waals surface area contributed by atoms with Gasteiger partial charge in [0.1, 0.15) is 0 Å². The molecule has 0 bridgehead atoms. The summed E-state index contributed by atoms with van der Waals surface area (Å²) in [5.74, 6) is 0. The first-order chi connectivity index (χ1) is 9.22. The zero-order chi connectivity index (χ0) is 14.0. The van der Waals surface area contributed by atoms with Crippen LogP contribution in [0.5, 0.6) is 0 Å². The largest absolute Gasteiger partial charge is 0.293 e. The number of hydrogen-bond donors (Lipinski definition) is 0. The highest BCUT2D eigenvalue weighted by atomic mass is 16.7. The summed E-state index contributed by atoms with van der Waals surface area (Å²) in [6.07, 6.45) is 16.0. The maximum absolute atomic E-state index is 6.23. The number of hydrogen-bond acceptors (Lipinski definition) is 2. The summed E-state index contributed by atoms with van der Waals surface area (Å²) in [6, 6.07) is 0. The Bertz CT molecular complexity index is 211. The smallest absolute Gasteiger partial charge is 0.0897 e. The quantitative estimate of drug-likeness (QED) is 0.371. The summed E-state index contributed by atoms with van der Waals surface area (Å²) in [5, 5.41) is 2.11. The molecule has 0 aliphatic heterocycles. The van der Waals surface area contributed by atoms with Crippen molar-refractivity contribution in [3.63, 3.8) is 0 Å². The minimum absolute atomic E-state index is 0.176. The van der Waals surface area contributed by atoms with E-state index < -0.39 is 0 Å². The van der Waals surface area contributed by atoms with Crippen LogP contribution in [0.25, 0.3) is 0 Å². The standard InChI is InChI=1S/C17H35NO/c1-4-6-7-8-9-10-13-16-18(3)19-17(5-2)14-11-12-15-17/h4-16H2,1-3H3. The Balaban J connectivity index is 2.02. The first-order valence-corrected chi connectivity index (χ1v) is 8.63. The van der Waals surface area contributed by atoms with E-state index in [1.807, 2.05) is 0 Å². The van der Waals surface area contributed by atoms with E-state index in [-0.39, 0.29) is 5.60 Å². The van der Waals surface area contributed by atoms with Gasteiger partial charge >= 0.3 is 0 Å². The fourth-order valence-electron chi connectivity index (χ4n) is 3.20. The van der Waals surface area contributed by atoms with Gasteiger partial charge in [-0.15, -0.1) is 0 Å². The van der Waals surface area contributed by atoms with Gasteiger partial charge in [-0.25, -0.2) is 0 Å². The molecule has 1 saturated carbocycles. The van der Waals surface area contributed by atoms with Gasteiger partial charge in [-0.3, -0.25) is 4.84 Å². The van der Waals surface area contributed by atoms with Gasteiger partial charge in [0.2, 0.25) is 0 Å². The second-order valence-electron chi connectivity index (χ2n) is 6.31. The van der Waals surface area contributed by atoms with E-state index in [0.29, 0.717) is 0 Å². The third-order valence-corrected chi connectivity index (χ3v) is 4.59. The van der Waals surface area contributed by atoms with Crippen LogP contribution in [-0.4, -0.2) is 24.3 Å². The van der Waals surface area contributed by atoms with Crippen LogP contribution in [-0.2, 0) is 4.84 Å². The summed E-state index contributed by atoms with van der Waals surface area (Å²) in [6.45, 7) is 5.64. The number of rotatable bonds is 11. The maximum atomic E-state index is 6.23.